The first-order valence-corrected chi connectivity index (χ1v) is 8.01. The Labute approximate surface area is 127 Å². The van der Waals surface area contributed by atoms with Crippen LogP contribution < -0.4 is 10.6 Å². The summed E-state index contributed by atoms with van der Waals surface area (Å²) >= 11 is 0. The van der Waals surface area contributed by atoms with E-state index in [1.54, 1.807) is 0 Å². The van der Waals surface area contributed by atoms with Gasteiger partial charge in [-0.25, -0.2) is 9.97 Å². The highest BCUT2D eigenvalue weighted by Gasteiger charge is 2.49. The van der Waals surface area contributed by atoms with Crippen molar-refractivity contribution in [2.45, 2.75) is 59.6 Å². The van der Waals surface area contributed by atoms with Gasteiger partial charge in [0, 0.05) is 37.1 Å². The minimum Gasteiger partial charge on any atom is -0.378 e. The average Bonchev–Trinajstić information content (AvgIpc) is 2.46. The molecule has 0 saturated heterocycles. The molecule has 1 aliphatic carbocycles. The fourth-order valence-corrected chi connectivity index (χ4v) is 2.79. The van der Waals surface area contributed by atoms with Gasteiger partial charge in [0.2, 0.25) is 0 Å². The van der Waals surface area contributed by atoms with E-state index in [2.05, 4.69) is 55.2 Å². The lowest BCUT2D eigenvalue weighted by Crippen LogP contribution is -2.58. The van der Waals surface area contributed by atoms with Gasteiger partial charge in [0.15, 0.2) is 0 Å². The number of nitrogens with one attached hydrogen (secondary N) is 2. The monoisotopic (exact) mass is 292 g/mol. The highest BCUT2D eigenvalue weighted by Crippen LogP contribution is 2.44. The Bertz CT molecular complexity index is 475. The van der Waals surface area contributed by atoms with Crippen molar-refractivity contribution in [2.75, 3.05) is 23.8 Å². The number of anilines is 2. The summed E-state index contributed by atoms with van der Waals surface area (Å²) in [6, 6.07) is 2.38. The second-order valence-corrected chi connectivity index (χ2v) is 6.14. The van der Waals surface area contributed by atoms with Crippen molar-refractivity contribution < 1.29 is 4.74 Å². The minimum absolute atomic E-state index is 0.131. The van der Waals surface area contributed by atoms with E-state index < -0.39 is 0 Å². The third-order valence-corrected chi connectivity index (χ3v) is 4.31. The Morgan fingerprint density at radius 3 is 2.52 bits per heavy atom. The lowest BCUT2D eigenvalue weighted by atomic mass is 9.64. The zero-order chi connectivity index (χ0) is 15.5. The molecule has 1 aromatic rings. The van der Waals surface area contributed by atoms with E-state index in [0.29, 0.717) is 12.1 Å². The number of aryl methyl sites for hydroxylation is 1. The molecule has 2 atom stereocenters. The molecule has 2 N–H and O–H groups in total. The molecular weight excluding hydrogens is 264 g/mol. The van der Waals surface area contributed by atoms with Crippen molar-refractivity contribution in [2.24, 2.45) is 5.41 Å². The predicted octanol–water partition coefficient (Wildman–Crippen LogP) is 3.09. The Hall–Kier alpha value is -1.36. The molecule has 0 bridgehead atoms. The van der Waals surface area contributed by atoms with Crippen molar-refractivity contribution >= 4 is 11.6 Å². The molecule has 0 amide bonds. The molecule has 0 spiro atoms. The lowest BCUT2D eigenvalue weighted by molar-refractivity contribution is -0.0976. The second kappa shape index (κ2) is 6.60. The number of aromatic nitrogens is 2. The molecule has 1 aromatic heterocycles. The van der Waals surface area contributed by atoms with Crippen LogP contribution in [0, 0.1) is 5.41 Å². The molecule has 118 valence electrons. The summed E-state index contributed by atoms with van der Waals surface area (Å²) in [5, 5.41) is 6.83. The summed E-state index contributed by atoms with van der Waals surface area (Å²) in [6.45, 7) is 12.3. The van der Waals surface area contributed by atoms with Crippen molar-refractivity contribution in [3.05, 3.63) is 11.9 Å². The van der Waals surface area contributed by atoms with Gasteiger partial charge in [-0.2, -0.15) is 0 Å². The van der Waals surface area contributed by atoms with E-state index in [9.17, 15) is 0 Å². The van der Waals surface area contributed by atoms with E-state index in [0.717, 1.165) is 43.5 Å². The van der Waals surface area contributed by atoms with Gasteiger partial charge in [0.25, 0.3) is 0 Å². The Balaban J connectivity index is 2.08. The molecule has 1 heterocycles. The Morgan fingerprint density at radius 1 is 1.24 bits per heavy atom. The number of hydrogen-bond donors (Lipinski definition) is 2. The van der Waals surface area contributed by atoms with Crippen LogP contribution in [0.2, 0.25) is 0 Å². The van der Waals surface area contributed by atoms with Crippen molar-refractivity contribution in [3.8, 4) is 0 Å². The molecular formula is C16H28N4O. The van der Waals surface area contributed by atoms with Crippen LogP contribution in [-0.4, -0.2) is 35.3 Å². The van der Waals surface area contributed by atoms with Crippen LogP contribution in [0.4, 0.5) is 11.6 Å². The number of nitrogens with zero attached hydrogens (tertiary/aromatic N) is 2. The molecule has 2 rings (SSSR count). The number of ether oxygens (including phenoxy) is 1. The highest BCUT2D eigenvalue weighted by atomic mass is 16.5. The van der Waals surface area contributed by atoms with Crippen molar-refractivity contribution in [3.63, 3.8) is 0 Å². The summed E-state index contributed by atoms with van der Waals surface area (Å²) < 4.78 is 5.78. The fraction of sp³-hybridized carbons (Fsp3) is 0.750. The largest absolute Gasteiger partial charge is 0.378 e. The maximum absolute atomic E-state index is 5.78. The number of rotatable bonds is 7. The van der Waals surface area contributed by atoms with Gasteiger partial charge >= 0.3 is 0 Å². The van der Waals surface area contributed by atoms with Gasteiger partial charge in [0.1, 0.15) is 17.5 Å². The van der Waals surface area contributed by atoms with Crippen LogP contribution >= 0.6 is 0 Å². The van der Waals surface area contributed by atoms with Crippen LogP contribution in [-0.2, 0) is 11.2 Å². The van der Waals surface area contributed by atoms with Crippen LogP contribution in [0.5, 0.6) is 0 Å². The SMILES string of the molecule is CCNc1cc(NC2CC(OCC)C2(C)C)nc(CC)n1. The third kappa shape index (κ3) is 3.46. The van der Waals surface area contributed by atoms with Crippen molar-refractivity contribution in [1.29, 1.82) is 0 Å². The van der Waals surface area contributed by atoms with Gasteiger partial charge in [-0.05, 0) is 20.3 Å². The molecule has 0 radical (unpaired) electrons. The minimum atomic E-state index is 0.131. The first kappa shape index (κ1) is 16.0. The maximum Gasteiger partial charge on any atom is 0.132 e. The van der Waals surface area contributed by atoms with Crippen LogP contribution in [0.15, 0.2) is 6.07 Å². The van der Waals surface area contributed by atoms with Gasteiger partial charge in [-0.15, -0.1) is 0 Å². The molecule has 1 saturated carbocycles. The van der Waals surface area contributed by atoms with Crippen molar-refractivity contribution in [1.82, 2.24) is 9.97 Å². The first-order chi connectivity index (χ1) is 10.0. The summed E-state index contributed by atoms with van der Waals surface area (Å²) in [6.07, 6.45) is 2.20. The zero-order valence-corrected chi connectivity index (χ0v) is 13.9. The van der Waals surface area contributed by atoms with E-state index >= 15 is 0 Å². The second-order valence-electron chi connectivity index (χ2n) is 6.14. The standard InChI is InChI=1S/C16H28N4O/c1-6-13-19-14(17-7-2)10-15(20-13)18-11-9-12(21-8-3)16(11,4)5/h10-12H,6-9H2,1-5H3,(H2,17,18,19,20). The van der Waals surface area contributed by atoms with Crippen LogP contribution in [0.25, 0.3) is 0 Å². The van der Waals surface area contributed by atoms with E-state index in [-0.39, 0.29) is 5.41 Å². The van der Waals surface area contributed by atoms with E-state index in [1.807, 2.05) is 6.07 Å². The average molecular weight is 292 g/mol. The summed E-state index contributed by atoms with van der Waals surface area (Å²) in [4.78, 5) is 9.08. The molecule has 5 nitrogen and oxygen atoms in total. The number of hydrogen-bond acceptors (Lipinski definition) is 5. The molecule has 0 aromatic carbocycles. The topological polar surface area (TPSA) is 59.1 Å². The summed E-state index contributed by atoms with van der Waals surface area (Å²) in [7, 11) is 0. The quantitative estimate of drug-likeness (QED) is 0.808. The van der Waals surface area contributed by atoms with Gasteiger partial charge < -0.3 is 15.4 Å². The molecule has 1 fully saturated rings. The molecule has 2 unspecified atom stereocenters. The maximum atomic E-state index is 5.78. The normalized spacial score (nSPS) is 23.5. The van der Waals surface area contributed by atoms with E-state index in [1.165, 1.54) is 0 Å². The fourth-order valence-electron chi connectivity index (χ4n) is 2.79. The highest BCUT2D eigenvalue weighted by molar-refractivity contribution is 5.49. The lowest BCUT2D eigenvalue weighted by Gasteiger charge is -2.51. The van der Waals surface area contributed by atoms with Crippen LogP contribution in [0.1, 0.15) is 46.9 Å². The third-order valence-electron chi connectivity index (χ3n) is 4.31. The zero-order valence-electron chi connectivity index (χ0n) is 13.9. The molecule has 21 heavy (non-hydrogen) atoms. The Morgan fingerprint density at radius 2 is 1.95 bits per heavy atom. The van der Waals surface area contributed by atoms with Gasteiger partial charge in [-0.1, -0.05) is 20.8 Å². The molecule has 0 aliphatic heterocycles. The molecule has 5 heteroatoms. The predicted molar refractivity (Wildman–Crippen MR) is 86.8 cm³/mol. The Kier molecular flexibility index (Phi) is 5.04. The van der Waals surface area contributed by atoms with E-state index in [4.69, 9.17) is 4.74 Å². The summed E-state index contributed by atoms with van der Waals surface area (Å²) in [5.41, 5.74) is 0.131. The van der Waals surface area contributed by atoms with Gasteiger partial charge in [-0.3, -0.25) is 0 Å². The summed E-state index contributed by atoms with van der Waals surface area (Å²) in [5.74, 6) is 2.67. The molecule has 1 aliphatic rings. The van der Waals surface area contributed by atoms with Crippen LogP contribution in [0.3, 0.4) is 0 Å². The smallest absolute Gasteiger partial charge is 0.132 e. The first-order valence-electron chi connectivity index (χ1n) is 8.01. The van der Waals surface area contributed by atoms with Gasteiger partial charge in [0.05, 0.1) is 6.10 Å².